The van der Waals surface area contributed by atoms with Crippen LogP contribution in [-0.2, 0) is 20.7 Å². The number of rotatable bonds is 8. The molecule has 0 aliphatic rings. The van der Waals surface area contributed by atoms with Crippen molar-refractivity contribution in [1.29, 1.82) is 0 Å². The number of carbonyl (C=O) groups is 2. The summed E-state index contributed by atoms with van der Waals surface area (Å²) in [5, 5.41) is 6.08. The minimum atomic E-state index is -1.08. The average Bonchev–Trinajstić information content (AvgIpc) is 2.81. The molecule has 0 aliphatic carbocycles. The van der Waals surface area contributed by atoms with Gasteiger partial charge in [-0.3, -0.25) is 4.79 Å². The largest absolute Gasteiger partial charge is 0.467 e. The summed E-state index contributed by atoms with van der Waals surface area (Å²) in [7, 11) is 1.21. The van der Waals surface area contributed by atoms with Crippen molar-refractivity contribution in [1.82, 2.24) is 20.3 Å². The van der Waals surface area contributed by atoms with E-state index < -0.39 is 23.7 Å². The number of H-pyrrole nitrogens is 1. The van der Waals surface area contributed by atoms with Gasteiger partial charge >= 0.3 is 12.1 Å². The van der Waals surface area contributed by atoms with E-state index in [-0.39, 0.29) is 17.8 Å². The van der Waals surface area contributed by atoms with Gasteiger partial charge in [0, 0.05) is 19.2 Å². The summed E-state index contributed by atoms with van der Waals surface area (Å²) in [4.78, 5) is 48.6. The van der Waals surface area contributed by atoms with Crippen LogP contribution in [0, 0.1) is 6.92 Å². The van der Waals surface area contributed by atoms with Crippen LogP contribution < -0.4 is 16.2 Å². The molecular formula is C26H31N5O5. The first kappa shape index (κ1) is 26.4. The topological polar surface area (TPSA) is 135 Å². The fourth-order valence-corrected chi connectivity index (χ4v) is 3.31. The van der Waals surface area contributed by atoms with Crippen LogP contribution in [-0.4, -0.2) is 52.3 Å². The first-order valence-electron chi connectivity index (χ1n) is 11.5. The summed E-state index contributed by atoms with van der Waals surface area (Å²) in [6.07, 6.45) is 4.78. The third kappa shape index (κ3) is 7.66. The lowest BCUT2D eigenvalue weighted by atomic mass is 10.1. The fourth-order valence-electron chi connectivity index (χ4n) is 3.31. The normalized spacial score (nSPS) is 12.4. The highest BCUT2D eigenvalue weighted by atomic mass is 16.6. The molecule has 0 aliphatic heterocycles. The number of methoxy groups -OCH3 is 1. The minimum absolute atomic E-state index is 0.0720. The highest BCUT2D eigenvalue weighted by molar-refractivity contribution is 5.82. The van der Waals surface area contributed by atoms with Crippen molar-refractivity contribution >= 4 is 34.9 Å². The van der Waals surface area contributed by atoms with Gasteiger partial charge in [-0.2, -0.15) is 0 Å². The number of aromatic nitrogens is 3. The fraction of sp³-hybridized carbons (Fsp3) is 0.346. The Labute approximate surface area is 209 Å². The van der Waals surface area contributed by atoms with Crippen LogP contribution in [0.15, 0.2) is 47.4 Å². The third-order valence-electron chi connectivity index (χ3n) is 4.98. The highest BCUT2D eigenvalue weighted by Crippen LogP contribution is 2.13. The van der Waals surface area contributed by atoms with Crippen molar-refractivity contribution in [2.24, 2.45) is 0 Å². The van der Waals surface area contributed by atoms with Crippen LogP contribution in [0.4, 0.5) is 10.6 Å². The first-order valence-corrected chi connectivity index (χ1v) is 11.5. The van der Waals surface area contributed by atoms with Crippen molar-refractivity contribution < 1.29 is 19.1 Å². The SMILES string of the molecule is COC(=O)[C@H](Cc1nc2ccc(/C=C/CNc3ccc(C)cn3)cc2c(=O)[nH]1)NC(=O)OC(C)(C)C. The van der Waals surface area contributed by atoms with E-state index in [9.17, 15) is 14.4 Å². The van der Waals surface area contributed by atoms with Crippen LogP contribution >= 0.6 is 0 Å². The Hall–Kier alpha value is -4.21. The number of anilines is 1. The van der Waals surface area contributed by atoms with Crippen LogP contribution in [0.25, 0.3) is 17.0 Å². The molecule has 2 aromatic heterocycles. The van der Waals surface area contributed by atoms with Gasteiger partial charge in [0.15, 0.2) is 0 Å². The van der Waals surface area contributed by atoms with Gasteiger partial charge in [0.05, 0.1) is 18.0 Å². The number of nitrogens with zero attached hydrogens (tertiary/aromatic N) is 2. The van der Waals surface area contributed by atoms with E-state index in [1.54, 1.807) is 39.1 Å². The van der Waals surface area contributed by atoms with Gasteiger partial charge in [-0.1, -0.05) is 24.3 Å². The van der Waals surface area contributed by atoms with Crippen LogP contribution in [0.5, 0.6) is 0 Å². The van der Waals surface area contributed by atoms with Gasteiger partial charge in [-0.25, -0.2) is 19.6 Å². The van der Waals surface area contributed by atoms with E-state index >= 15 is 0 Å². The summed E-state index contributed by atoms with van der Waals surface area (Å²) >= 11 is 0. The van der Waals surface area contributed by atoms with Gasteiger partial charge < -0.3 is 25.1 Å². The smallest absolute Gasteiger partial charge is 0.408 e. The molecule has 10 heteroatoms. The number of hydrogen-bond acceptors (Lipinski definition) is 8. The number of aryl methyl sites for hydroxylation is 1. The molecule has 2 heterocycles. The molecule has 0 saturated carbocycles. The number of alkyl carbamates (subject to hydrolysis) is 1. The number of esters is 1. The molecule has 0 unspecified atom stereocenters. The van der Waals surface area contributed by atoms with Crippen molar-refractivity contribution in [3.8, 4) is 0 Å². The molecule has 0 bridgehead atoms. The summed E-state index contributed by atoms with van der Waals surface area (Å²) in [5.74, 6) is 0.332. The predicted octanol–water partition coefficient (Wildman–Crippen LogP) is 3.36. The molecular weight excluding hydrogens is 462 g/mol. The van der Waals surface area contributed by atoms with Crippen molar-refractivity contribution in [2.45, 2.75) is 45.8 Å². The zero-order valence-electron chi connectivity index (χ0n) is 21.0. The van der Waals surface area contributed by atoms with E-state index in [2.05, 4.69) is 25.6 Å². The number of hydrogen-bond donors (Lipinski definition) is 3. The van der Waals surface area contributed by atoms with Crippen LogP contribution in [0.2, 0.25) is 0 Å². The maximum absolute atomic E-state index is 12.8. The molecule has 3 aromatic rings. The zero-order valence-corrected chi connectivity index (χ0v) is 21.0. The second-order valence-corrected chi connectivity index (χ2v) is 9.22. The summed E-state index contributed by atoms with van der Waals surface area (Å²) in [5.41, 5.74) is 1.30. The van der Waals surface area contributed by atoms with Gasteiger partial charge in [-0.05, 0) is 57.0 Å². The molecule has 1 amide bonds. The van der Waals surface area contributed by atoms with Crippen LogP contribution in [0.1, 0.15) is 37.7 Å². The van der Waals surface area contributed by atoms with Gasteiger partial charge in [0.2, 0.25) is 0 Å². The maximum Gasteiger partial charge on any atom is 0.408 e. The number of amides is 1. The van der Waals surface area contributed by atoms with E-state index in [1.807, 2.05) is 37.3 Å². The molecule has 3 N–H and O–H groups in total. The molecule has 0 spiro atoms. The van der Waals surface area contributed by atoms with E-state index in [1.165, 1.54) is 7.11 Å². The summed E-state index contributed by atoms with van der Waals surface area (Å²) in [6, 6.07) is 8.13. The molecule has 0 saturated heterocycles. The zero-order chi connectivity index (χ0) is 26.3. The second kappa shape index (κ2) is 11.5. The number of pyridine rings is 1. The molecule has 10 nitrogen and oxygen atoms in total. The standard InChI is InChI=1S/C26H31N5O5/c1-16-8-11-21(28-15-16)27-12-6-7-17-9-10-19-18(13-17)23(32)31-22(29-19)14-20(24(33)35-5)30-25(34)36-26(2,3)4/h6-11,13,15,20H,12,14H2,1-5H3,(H,27,28)(H,30,34)(H,29,31,32)/b7-6+/t20-/m0/s1. The van der Waals surface area contributed by atoms with Gasteiger partial charge in [-0.15, -0.1) is 0 Å². The highest BCUT2D eigenvalue weighted by Gasteiger charge is 2.26. The van der Waals surface area contributed by atoms with Gasteiger partial charge in [0.1, 0.15) is 23.3 Å². The molecule has 1 atom stereocenters. The number of fused-ring (bicyclic) bond motifs is 1. The van der Waals surface area contributed by atoms with Crippen LogP contribution in [0.3, 0.4) is 0 Å². The number of aromatic amines is 1. The Kier molecular flexibility index (Phi) is 8.42. The quantitative estimate of drug-likeness (QED) is 0.407. The molecule has 36 heavy (non-hydrogen) atoms. The van der Waals surface area contributed by atoms with Crippen molar-refractivity contribution in [2.75, 3.05) is 19.0 Å². The number of nitrogens with one attached hydrogen (secondary N) is 3. The Morgan fingerprint density at radius 3 is 2.64 bits per heavy atom. The second-order valence-electron chi connectivity index (χ2n) is 9.22. The molecule has 190 valence electrons. The van der Waals surface area contributed by atoms with Crippen molar-refractivity contribution in [3.05, 3.63) is 69.9 Å². The molecule has 3 rings (SSSR count). The number of benzene rings is 1. The Bertz CT molecular complexity index is 1310. The Morgan fingerprint density at radius 2 is 1.97 bits per heavy atom. The number of carbonyl (C=O) groups excluding carboxylic acids is 2. The van der Waals surface area contributed by atoms with Gasteiger partial charge in [0.25, 0.3) is 5.56 Å². The maximum atomic E-state index is 12.8. The summed E-state index contributed by atoms with van der Waals surface area (Å²) < 4.78 is 10.00. The lowest BCUT2D eigenvalue weighted by Crippen LogP contribution is -2.45. The lowest BCUT2D eigenvalue weighted by Gasteiger charge is -2.22. The van der Waals surface area contributed by atoms with E-state index in [0.29, 0.717) is 17.4 Å². The van der Waals surface area contributed by atoms with E-state index in [4.69, 9.17) is 9.47 Å². The van der Waals surface area contributed by atoms with Crippen molar-refractivity contribution in [3.63, 3.8) is 0 Å². The molecule has 0 radical (unpaired) electrons. The summed E-state index contributed by atoms with van der Waals surface area (Å²) in [6.45, 7) is 7.69. The predicted molar refractivity (Wildman–Crippen MR) is 138 cm³/mol. The third-order valence-corrected chi connectivity index (χ3v) is 4.98. The molecule has 1 aromatic carbocycles. The Morgan fingerprint density at radius 1 is 1.19 bits per heavy atom. The average molecular weight is 494 g/mol. The monoisotopic (exact) mass is 493 g/mol. The number of ether oxygens (including phenoxy) is 2. The van der Waals surface area contributed by atoms with E-state index in [0.717, 1.165) is 16.9 Å². The first-order chi connectivity index (χ1) is 17.0. The molecule has 0 fully saturated rings. The lowest BCUT2D eigenvalue weighted by molar-refractivity contribution is -0.143. The Balaban J connectivity index is 1.71. The minimum Gasteiger partial charge on any atom is -0.467 e.